The first-order chi connectivity index (χ1) is 10.3. The molecule has 1 aromatic carbocycles. The zero-order chi connectivity index (χ0) is 14.7. The molecule has 3 atom stereocenters. The van der Waals surface area contributed by atoms with Gasteiger partial charge in [0.15, 0.2) is 0 Å². The van der Waals surface area contributed by atoms with Gasteiger partial charge in [-0.15, -0.1) is 0 Å². The zero-order valence-corrected chi connectivity index (χ0v) is 12.1. The first-order valence-electron chi connectivity index (χ1n) is 7.76. The van der Waals surface area contributed by atoms with Crippen molar-refractivity contribution < 1.29 is 0 Å². The van der Waals surface area contributed by atoms with Gasteiger partial charge in [-0.1, -0.05) is 6.42 Å². The minimum atomic E-state index is 0.448. The summed E-state index contributed by atoms with van der Waals surface area (Å²) in [6.45, 7) is 1.14. The number of anilines is 1. The maximum atomic E-state index is 9.12. The van der Waals surface area contributed by atoms with E-state index in [4.69, 9.17) is 10.5 Å². The van der Waals surface area contributed by atoms with E-state index in [0.29, 0.717) is 29.1 Å². The summed E-state index contributed by atoms with van der Waals surface area (Å²) in [5, 5.41) is 25.3. The van der Waals surface area contributed by atoms with Gasteiger partial charge in [0.05, 0.1) is 11.1 Å². The molecule has 3 rings (SSSR count). The van der Waals surface area contributed by atoms with Crippen LogP contribution in [0.1, 0.15) is 43.2 Å². The lowest BCUT2D eigenvalue weighted by Crippen LogP contribution is -2.38. The molecule has 1 heterocycles. The van der Waals surface area contributed by atoms with Crippen LogP contribution in [-0.4, -0.2) is 18.6 Å². The standard InChI is InChI=1S/C17H20N4/c18-10-12-6-7-14(9-13(12)11-19)21-17-4-1-3-15(17)16-5-2-8-20-16/h6-7,9,15-17,20-21H,1-5,8H2. The Bertz CT molecular complexity index is 590. The van der Waals surface area contributed by atoms with Crippen molar-refractivity contribution in [3.05, 3.63) is 29.3 Å². The fourth-order valence-electron chi connectivity index (χ4n) is 3.76. The molecule has 1 saturated heterocycles. The average molecular weight is 280 g/mol. The first-order valence-corrected chi connectivity index (χ1v) is 7.76. The van der Waals surface area contributed by atoms with Gasteiger partial charge < -0.3 is 10.6 Å². The molecule has 4 heteroatoms. The van der Waals surface area contributed by atoms with Crippen molar-refractivity contribution in [2.45, 2.75) is 44.2 Å². The van der Waals surface area contributed by atoms with Crippen LogP contribution in [-0.2, 0) is 0 Å². The second kappa shape index (κ2) is 6.16. The molecule has 0 amide bonds. The van der Waals surface area contributed by atoms with Crippen LogP contribution >= 0.6 is 0 Å². The molecule has 2 aliphatic rings. The Morgan fingerprint density at radius 2 is 1.90 bits per heavy atom. The van der Waals surface area contributed by atoms with E-state index in [-0.39, 0.29) is 0 Å². The van der Waals surface area contributed by atoms with Crippen LogP contribution in [0.2, 0.25) is 0 Å². The molecule has 108 valence electrons. The molecule has 0 aromatic heterocycles. The van der Waals surface area contributed by atoms with Gasteiger partial charge in [-0.05, 0) is 56.3 Å². The van der Waals surface area contributed by atoms with Crippen molar-refractivity contribution in [3.8, 4) is 12.1 Å². The molecule has 2 fully saturated rings. The van der Waals surface area contributed by atoms with E-state index in [1.165, 1.54) is 32.1 Å². The Kier molecular flexibility index (Phi) is 4.08. The third-order valence-electron chi connectivity index (χ3n) is 4.80. The summed E-state index contributed by atoms with van der Waals surface area (Å²) in [7, 11) is 0. The number of rotatable bonds is 3. The van der Waals surface area contributed by atoms with Crippen molar-refractivity contribution in [1.82, 2.24) is 5.32 Å². The lowest BCUT2D eigenvalue weighted by Gasteiger charge is -2.27. The van der Waals surface area contributed by atoms with Crippen LogP contribution in [0, 0.1) is 28.6 Å². The summed E-state index contributed by atoms with van der Waals surface area (Å²) in [6.07, 6.45) is 6.28. The van der Waals surface area contributed by atoms with Crippen LogP contribution < -0.4 is 10.6 Å². The van der Waals surface area contributed by atoms with Gasteiger partial charge in [-0.2, -0.15) is 10.5 Å². The van der Waals surface area contributed by atoms with Gasteiger partial charge in [0.1, 0.15) is 12.1 Å². The Labute approximate surface area is 125 Å². The number of nitriles is 2. The smallest absolute Gasteiger partial charge is 0.101 e. The van der Waals surface area contributed by atoms with E-state index in [9.17, 15) is 0 Å². The van der Waals surface area contributed by atoms with Crippen molar-refractivity contribution in [1.29, 1.82) is 10.5 Å². The zero-order valence-electron chi connectivity index (χ0n) is 12.1. The van der Waals surface area contributed by atoms with E-state index >= 15 is 0 Å². The van der Waals surface area contributed by atoms with E-state index in [2.05, 4.69) is 22.8 Å². The van der Waals surface area contributed by atoms with Gasteiger partial charge in [0.2, 0.25) is 0 Å². The highest BCUT2D eigenvalue weighted by Gasteiger charge is 2.34. The predicted octanol–water partition coefficient (Wildman–Crippen LogP) is 2.76. The third-order valence-corrected chi connectivity index (χ3v) is 4.80. The average Bonchev–Trinajstić information content (AvgIpc) is 3.17. The van der Waals surface area contributed by atoms with Gasteiger partial charge in [0, 0.05) is 17.8 Å². The normalized spacial score (nSPS) is 28.0. The molecule has 3 unspecified atom stereocenters. The SMILES string of the molecule is N#Cc1ccc(NC2CCCC2C2CCCN2)cc1C#N. The monoisotopic (exact) mass is 280 g/mol. The molecule has 4 nitrogen and oxygen atoms in total. The van der Waals surface area contributed by atoms with E-state index in [1.54, 1.807) is 12.1 Å². The molecule has 0 radical (unpaired) electrons. The molecular weight excluding hydrogens is 260 g/mol. The third kappa shape index (κ3) is 2.86. The minimum Gasteiger partial charge on any atom is -0.382 e. The van der Waals surface area contributed by atoms with Crippen molar-refractivity contribution in [2.75, 3.05) is 11.9 Å². The Balaban J connectivity index is 1.74. The topological polar surface area (TPSA) is 71.6 Å². The number of benzene rings is 1. The first kappa shape index (κ1) is 13.9. The van der Waals surface area contributed by atoms with Crippen LogP contribution in [0.5, 0.6) is 0 Å². The van der Waals surface area contributed by atoms with Crippen LogP contribution in [0.3, 0.4) is 0 Å². The molecular formula is C17H20N4. The number of nitrogens with one attached hydrogen (secondary N) is 2. The number of hydrogen-bond donors (Lipinski definition) is 2. The summed E-state index contributed by atoms with van der Waals surface area (Å²) in [6, 6.07) is 10.7. The second-order valence-electron chi connectivity index (χ2n) is 6.03. The highest BCUT2D eigenvalue weighted by atomic mass is 15.0. The Morgan fingerprint density at radius 3 is 2.62 bits per heavy atom. The summed E-state index contributed by atoms with van der Waals surface area (Å²) >= 11 is 0. The molecule has 1 aromatic rings. The van der Waals surface area contributed by atoms with Crippen LogP contribution in [0.25, 0.3) is 0 Å². The Morgan fingerprint density at radius 1 is 1.05 bits per heavy atom. The van der Waals surface area contributed by atoms with E-state index in [0.717, 1.165) is 12.2 Å². The molecule has 0 bridgehead atoms. The van der Waals surface area contributed by atoms with Crippen molar-refractivity contribution in [3.63, 3.8) is 0 Å². The minimum absolute atomic E-state index is 0.448. The summed E-state index contributed by atoms with van der Waals surface area (Å²) in [5.41, 5.74) is 1.86. The summed E-state index contributed by atoms with van der Waals surface area (Å²) in [5.74, 6) is 0.675. The van der Waals surface area contributed by atoms with Crippen LogP contribution in [0.4, 0.5) is 5.69 Å². The van der Waals surface area contributed by atoms with Gasteiger partial charge >= 0.3 is 0 Å². The highest BCUT2D eigenvalue weighted by Crippen LogP contribution is 2.34. The summed E-state index contributed by atoms with van der Waals surface area (Å²) in [4.78, 5) is 0. The maximum absolute atomic E-state index is 9.12. The van der Waals surface area contributed by atoms with Gasteiger partial charge in [-0.25, -0.2) is 0 Å². The second-order valence-corrected chi connectivity index (χ2v) is 6.03. The quantitative estimate of drug-likeness (QED) is 0.893. The molecule has 2 N–H and O–H groups in total. The number of nitrogens with zero attached hydrogens (tertiary/aromatic N) is 2. The predicted molar refractivity (Wildman–Crippen MR) is 81.6 cm³/mol. The van der Waals surface area contributed by atoms with E-state index < -0.39 is 0 Å². The molecule has 1 aliphatic heterocycles. The lowest BCUT2D eigenvalue weighted by atomic mass is 9.93. The van der Waals surface area contributed by atoms with Gasteiger partial charge in [0.25, 0.3) is 0 Å². The lowest BCUT2D eigenvalue weighted by molar-refractivity contribution is 0.376. The molecule has 0 spiro atoms. The fourth-order valence-corrected chi connectivity index (χ4v) is 3.76. The highest BCUT2D eigenvalue weighted by molar-refractivity contribution is 5.56. The molecule has 1 aliphatic carbocycles. The Hall–Kier alpha value is -2.04. The van der Waals surface area contributed by atoms with Crippen molar-refractivity contribution in [2.24, 2.45) is 5.92 Å². The van der Waals surface area contributed by atoms with E-state index in [1.807, 2.05) is 6.07 Å². The maximum Gasteiger partial charge on any atom is 0.101 e. The number of hydrogen-bond acceptors (Lipinski definition) is 4. The molecule has 1 saturated carbocycles. The largest absolute Gasteiger partial charge is 0.382 e. The van der Waals surface area contributed by atoms with Crippen molar-refractivity contribution >= 4 is 5.69 Å². The fraction of sp³-hybridized carbons (Fsp3) is 0.529. The molecule has 21 heavy (non-hydrogen) atoms. The van der Waals surface area contributed by atoms with Crippen LogP contribution in [0.15, 0.2) is 18.2 Å². The van der Waals surface area contributed by atoms with Gasteiger partial charge in [-0.3, -0.25) is 0 Å². The summed E-state index contributed by atoms with van der Waals surface area (Å²) < 4.78 is 0.